The van der Waals surface area contributed by atoms with E-state index < -0.39 is 5.91 Å². The number of primary amides is 1. The van der Waals surface area contributed by atoms with Crippen LogP contribution >= 0.6 is 0 Å². The molecule has 0 radical (unpaired) electrons. The minimum absolute atomic E-state index is 0.0307. The van der Waals surface area contributed by atoms with Crippen molar-refractivity contribution in [3.8, 4) is 0 Å². The zero-order valence-corrected chi connectivity index (χ0v) is 15.0. The van der Waals surface area contributed by atoms with Crippen LogP contribution in [0.4, 0.5) is 9.18 Å². The van der Waals surface area contributed by atoms with Gasteiger partial charge < -0.3 is 20.5 Å². The highest BCUT2D eigenvalue weighted by Gasteiger charge is 2.26. The lowest BCUT2D eigenvalue weighted by Gasteiger charge is -2.29. The van der Waals surface area contributed by atoms with Gasteiger partial charge >= 0.3 is 6.03 Å². The highest BCUT2D eigenvalue weighted by Crippen LogP contribution is 2.24. The van der Waals surface area contributed by atoms with Crippen molar-refractivity contribution in [2.24, 2.45) is 5.73 Å². The average molecular weight is 374 g/mol. The van der Waals surface area contributed by atoms with Gasteiger partial charge in [-0.2, -0.15) is 0 Å². The van der Waals surface area contributed by atoms with Crippen LogP contribution in [0, 0.1) is 5.82 Å². The highest BCUT2D eigenvalue weighted by atomic mass is 19.1. The van der Waals surface area contributed by atoms with Crippen LogP contribution < -0.4 is 11.1 Å². The summed E-state index contributed by atoms with van der Waals surface area (Å²) in [7, 11) is 0. The number of carbonyl (C=O) groups excluding carboxylic acids is 2. The molecule has 144 valence electrons. The van der Waals surface area contributed by atoms with Crippen LogP contribution in [0.25, 0.3) is 0 Å². The summed E-state index contributed by atoms with van der Waals surface area (Å²) in [5.41, 5.74) is 6.15. The topological polar surface area (TPSA) is 101 Å². The molecule has 27 heavy (non-hydrogen) atoms. The summed E-state index contributed by atoms with van der Waals surface area (Å²) >= 11 is 0. The fourth-order valence-corrected chi connectivity index (χ4v) is 3.34. The van der Waals surface area contributed by atoms with Crippen molar-refractivity contribution in [3.63, 3.8) is 0 Å². The van der Waals surface area contributed by atoms with Crippen molar-refractivity contribution in [2.45, 2.75) is 44.7 Å². The van der Waals surface area contributed by atoms with Crippen LogP contribution in [-0.4, -0.2) is 34.6 Å². The molecule has 1 fully saturated rings. The number of urea groups is 1. The summed E-state index contributed by atoms with van der Waals surface area (Å²) in [5.74, 6) is -0.586. The quantitative estimate of drug-likeness (QED) is 0.778. The molecular formula is C19H23FN4O3. The number of rotatable bonds is 7. The molecule has 3 N–H and O–H groups in total. The number of halogens is 1. The largest absolute Gasteiger partial charge is 0.364 e. The summed E-state index contributed by atoms with van der Waals surface area (Å²) < 4.78 is 18.1. The van der Waals surface area contributed by atoms with Gasteiger partial charge in [-0.05, 0) is 37.0 Å². The maximum Gasteiger partial charge on any atom is 0.318 e. The first-order valence-corrected chi connectivity index (χ1v) is 9.07. The summed E-state index contributed by atoms with van der Waals surface area (Å²) in [6.45, 7) is 0.671. The fourth-order valence-electron chi connectivity index (χ4n) is 3.34. The van der Waals surface area contributed by atoms with Crippen molar-refractivity contribution < 1.29 is 18.5 Å². The van der Waals surface area contributed by atoms with Crippen LogP contribution in [0.15, 0.2) is 34.9 Å². The average Bonchev–Trinajstić information content (AvgIpc) is 3.34. The summed E-state index contributed by atoms with van der Waals surface area (Å²) in [5, 5.41) is 6.37. The van der Waals surface area contributed by atoms with Crippen LogP contribution in [0.5, 0.6) is 0 Å². The van der Waals surface area contributed by atoms with Crippen LogP contribution in [0.1, 0.15) is 47.5 Å². The van der Waals surface area contributed by atoms with Gasteiger partial charge in [0.25, 0.3) is 5.91 Å². The summed E-state index contributed by atoms with van der Waals surface area (Å²) in [4.78, 5) is 25.6. The molecular weight excluding hydrogens is 351 g/mol. The third-order valence-corrected chi connectivity index (χ3v) is 4.81. The minimum Gasteiger partial charge on any atom is -0.364 e. The Hall–Kier alpha value is -2.90. The van der Waals surface area contributed by atoms with Gasteiger partial charge in [0.15, 0.2) is 11.5 Å². The van der Waals surface area contributed by atoms with Gasteiger partial charge in [-0.3, -0.25) is 4.79 Å². The number of nitrogens with two attached hydrogens (primary N) is 1. The van der Waals surface area contributed by atoms with E-state index in [0.717, 1.165) is 31.2 Å². The Kier molecular flexibility index (Phi) is 6.05. The van der Waals surface area contributed by atoms with Gasteiger partial charge in [0.1, 0.15) is 5.82 Å². The molecule has 1 aromatic heterocycles. The molecule has 0 saturated heterocycles. The molecule has 0 atom stereocenters. The number of benzene rings is 1. The zero-order chi connectivity index (χ0) is 19.2. The van der Waals surface area contributed by atoms with E-state index in [1.165, 1.54) is 18.2 Å². The van der Waals surface area contributed by atoms with E-state index in [1.54, 1.807) is 12.1 Å². The lowest BCUT2D eigenvalue weighted by molar-refractivity contribution is 0.0991. The number of carbonyl (C=O) groups is 2. The second-order valence-corrected chi connectivity index (χ2v) is 6.71. The molecule has 0 bridgehead atoms. The number of hydrogen-bond donors (Lipinski definition) is 2. The lowest BCUT2D eigenvalue weighted by Crippen LogP contribution is -2.46. The van der Waals surface area contributed by atoms with Gasteiger partial charge in [-0.1, -0.05) is 30.1 Å². The van der Waals surface area contributed by atoms with E-state index in [2.05, 4.69) is 10.5 Å². The van der Waals surface area contributed by atoms with E-state index in [9.17, 15) is 14.0 Å². The fraction of sp³-hybridized carbons (Fsp3) is 0.421. The molecule has 3 rings (SSSR count). The second kappa shape index (κ2) is 8.66. The number of amides is 3. The highest BCUT2D eigenvalue weighted by molar-refractivity contribution is 5.90. The van der Waals surface area contributed by atoms with Crippen molar-refractivity contribution in [2.75, 3.05) is 6.54 Å². The molecule has 1 aliphatic carbocycles. The van der Waals surface area contributed by atoms with E-state index >= 15 is 0 Å². The Morgan fingerprint density at radius 3 is 2.59 bits per heavy atom. The van der Waals surface area contributed by atoms with Crippen molar-refractivity contribution in [1.29, 1.82) is 0 Å². The molecule has 8 heteroatoms. The van der Waals surface area contributed by atoms with E-state index in [0.29, 0.717) is 18.7 Å². The second-order valence-electron chi connectivity index (χ2n) is 6.71. The molecule has 0 spiro atoms. The molecule has 2 aromatic rings. The first-order valence-electron chi connectivity index (χ1n) is 9.07. The minimum atomic E-state index is -0.678. The molecule has 1 saturated carbocycles. The van der Waals surface area contributed by atoms with Crippen molar-refractivity contribution in [1.82, 2.24) is 15.4 Å². The van der Waals surface area contributed by atoms with Gasteiger partial charge in [-0.15, -0.1) is 0 Å². The zero-order valence-electron chi connectivity index (χ0n) is 15.0. The Balaban J connectivity index is 1.59. The van der Waals surface area contributed by atoms with Gasteiger partial charge in [0, 0.05) is 18.7 Å². The maximum atomic E-state index is 13.1. The molecule has 3 amide bonds. The third kappa shape index (κ3) is 5.06. The molecule has 1 heterocycles. The van der Waals surface area contributed by atoms with E-state index in [1.807, 2.05) is 4.90 Å². The molecule has 1 aliphatic rings. The molecule has 1 aromatic carbocycles. The smallest absolute Gasteiger partial charge is 0.318 e. The Morgan fingerprint density at radius 1 is 1.26 bits per heavy atom. The number of nitrogens with one attached hydrogen (secondary N) is 1. The lowest BCUT2D eigenvalue weighted by atomic mass is 10.1. The normalized spacial score (nSPS) is 14.3. The molecule has 0 aliphatic heterocycles. The third-order valence-electron chi connectivity index (χ3n) is 4.81. The van der Waals surface area contributed by atoms with Crippen molar-refractivity contribution in [3.05, 3.63) is 53.2 Å². The predicted molar refractivity (Wildman–Crippen MR) is 96.3 cm³/mol. The van der Waals surface area contributed by atoms with Crippen molar-refractivity contribution >= 4 is 11.9 Å². The van der Waals surface area contributed by atoms with Crippen LogP contribution in [0.2, 0.25) is 0 Å². The summed E-state index contributed by atoms with van der Waals surface area (Å²) in [6, 6.07) is 7.74. The number of aromatic nitrogens is 1. The van der Waals surface area contributed by atoms with Crippen LogP contribution in [-0.2, 0) is 13.0 Å². The number of hydrogen-bond acceptors (Lipinski definition) is 4. The number of nitrogens with zero attached hydrogens (tertiary/aromatic N) is 2. The predicted octanol–water partition coefficient (Wildman–Crippen LogP) is 2.61. The Bertz CT molecular complexity index is 785. The van der Waals surface area contributed by atoms with E-state index in [4.69, 9.17) is 10.3 Å². The Morgan fingerprint density at radius 2 is 1.96 bits per heavy atom. The Labute approximate surface area is 156 Å². The maximum absolute atomic E-state index is 13.1. The van der Waals surface area contributed by atoms with E-state index in [-0.39, 0.29) is 30.1 Å². The standard InChI is InChI=1S/C19H23FN4O3/c20-14-7-5-13(6-8-14)9-10-24(15-3-1-2-4-15)19(26)22-12-16-11-17(18(21)25)23-27-16/h5-8,11,15H,1-4,9-10,12H2,(H2,21,25)(H,22,26). The summed E-state index contributed by atoms with van der Waals surface area (Å²) in [6.07, 6.45) is 4.82. The first-order chi connectivity index (χ1) is 13.0. The SMILES string of the molecule is NC(=O)c1cc(CNC(=O)N(CCc2ccc(F)cc2)C2CCCC2)on1. The molecule has 0 unspecified atom stereocenters. The van der Waals surface area contributed by atoms with Gasteiger partial charge in [-0.25, -0.2) is 9.18 Å². The first kappa shape index (κ1) is 18.9. The molecule has 7 nitrogen and oxygen atoms in total. The van der Waals surface area contributed by atoms with Gasteiger partial charge in [0.05, 0.1) is 6.54 Å². The van der Waals surface area contributed by atoms with Crippen LogP contribution in [0.3, 0.4) is 0 Å². The monoisotopic (exact) mass is 374 g/mol. The van der Waals surface area contributed by atoms with Gasteiger partial charge in [0.2, 0.25) is 0 Å².